The van der Waals surface area contributed by atoms with E-state index in [0.717, 1.165) is 6.42 Å². The Labute approximate surface area is 140 Å². The van der Waals surface area contributed by atoms with E-state index in [1.807, 2.05) is 12.2 Å². The lowest BCUT2D eigenvalue weighted by Crippen LogP contribution is -2.42. The van der Waals surface area contributed by atoms with E-state index in [2.05, 4.69) is 50.4 Å². The summed E-state index contributed by atoms with van der Waals surface area (Å²) in [4.78, 5) is 0. The van der Waals surface area contributed by atoms with Gasteiger partial charge in [0.1, 0.15) is 0 Å². The van der Waals surface area contributed by atoms with Crippen LogP contribution in [0.25, 0.3) is 0 Å². The van der Waals surface area contributed by atoms with Gasteiger partial charge in [-0.25, -0.2) is 0 Å². The second kappa shape index (κ2) is 6.82. The molecule has 0 saturated heterocycles. The van der Waals surface area contributed by atoms with Crippen molar-refractivity contribution >= 4 is 5.69 Å². The summed E-state index contributed by atoms with van der Waals surface area (Å²) in [6.45, 7) is 6.82. The van der Waals surface area contributed by atoms with E-state index in [4.69, 9.17) is 0 Å². The monoisotopic (exact) mass is 311 g/mol. The van der Waals surface area contributed by atoms with Crippen LogP contribution in [0, 0.1) is 18.8 Å². The van der Waals surface area contributed by atoms with Crippen LogP contribution in [-0.4, -0.2) is 11.1 Å². The highest BCUT2D eigenvalue weighted by atomic mass is 16.3. The Kier molecular flexibility index (Phi) is 4.79. The van der Waals surface area contributed by atoms with Gasteiger partial charge in [-0.15, -0.1) is 0 Å². The van der Waals surface area contributed by atoms with Crippen LogP contribution in [0.4, 0.5) is 5.69 Å². The number of rotatable bonds is 4. The fourth-order valence-electron chi connectivity index (χ4n) is 4.25. The van der Waals surface area contributed by atoms with Crippen molar-refractivity contribution in [2.45, 2.75) is 58.4 Å². The SMILES string of the molecule is CCCC[C@@H]1[C@H](C)c2cc(C)ccc2N[C@H]1C1C=CC=C(O)C1. The molecule has 3 rings (SSSR count). The maximum Gasteiger partial charge on any atom is 0.0929 e. The number of aryl methyl sites for hydroxylation is 1. The summed E-state index contributed by atoms with van der Waals surface area (Å²) >= 11 is 0. The molecule has 1 heterocycles. The van der Waals surface area contributed by atoms with Crippen LogP contribution in [0.15, 0.2) is 42.2 Å². The number of nitrogens with one attached hydrogen (secondary N) is 1. The van der Waals surface area contributed by atoms with Crippen LogP contribution in [0.5, 0.6) is 0 Å². The van der Waals surface area contributed by atoms with Gasteiger partial charge in [-0.1, -0.05) is 56.5 Å². The highest BCUT2D eigenvalue weighted by Crippen LogP contribution is 2.44. The summed E-state index contributed by atoms with van der Waals surface area (Å²) in [5.41, 5.74) is 4.08. The Bertz CT molecular complexity index is 616. The summed E-state index contributed by atoms with van der Waals surface area (Å²) in [6.07, 6.45) is 10.6. The molecule has 0 bridgehead atoms. The minimum Gasteiger partial charge on any atom is -0.512 e. The standard InChI is InChI=1S/C21H29NO/c1-4-5-9-18-15(3)19-12-14(2)10-11-20(19)22-21(18)16-7-6-8-17(23)13-16/h6-8,10-12,15-16,18,21-23H,4-5,9,13H2,1-3H3/t15-,16?,18+,21-/m0/s1. The van der Waals surface area contributed by atoms with Crippen molar-refractivity contribution < 1.29 is 5.11 Å². The van der Waals surface area contributed by atoms with Crippen molar-refractivity contribution in [1.82, 2.24) is 0 Å². The first-order valence-electron chi connectivity index (χ1n) is 9.03. The molecule has 1 aliphatic carbocycles. The zero-order valence-electron chi connectivity index (χ0n) is 14.5. The molecule has 1 aliphatic heterocycles. The number of benzene rings is 1. The Morgan fingerprint density at radius 1 is 1.30 bits per heavy atom. The zero-order valence-corrected chi connectivity index (χ0v) is 14.5. The van der Waals surface area contributed by atoms with Gasteiger partial charge in [-0.2, -0.15) is 0 Å². The maximum atomic E-state index is 9.95. The van der Waals surface area contributed by atoms with Crippen LogP contribution < -0.4 is 5.32 Å². The van der Waals surface area contributed by atoms with Crippen LogP contribution in [0.1, 0.15) is 56.6 Å². The third-order valence-electron chi connectivity index (χ3n) is 5.57. The molecular weight excluding hydrogens is 282 g/mol. The van der Waals surface area contributed by atoms with E-state index < -0.39 is 0 Å². The molecule has 1 aromatic carbocycles. The molecule has 0 fully saturated rings. The summed E-state index contributed by atoms with van der Waals surface area (Å²) in [5, 5.41) is 13.8. The molecule has 2 nitrogen and oxygen atoms in total. The Balaban J connectivity index is 1.91. The molecular formula is C21H29NO. The maximum absolute atomic E-state index is 9.95. The topological polar surface area (TPSA) is 32.3 Å². The van der Waals surface area contributed by atoms with E-state index in [1.165, 1.54) is 36.1 Å². The first-order valence-corrected chi connectivity index (χ1v) is 9.03. The summed E-state index contributed by atoms with van der Waals surface area (Å²) in [5.74, 6) is 2.06. The van der Waals surface area contributed by atoms with Gasteiger partial charge in [0, 0.05) is 24.1 Å². The quantitative estimate of drug-likeness (QED) is 0.745. The molecule has 0 amide bonds. The first-order chi connectivity index (χ1) is 11.1. The molecule has 0 aromatic heterocycles. The predicted octanol–water partition coefficient (Wildman–Crippen LogP) is 5.72. The molecule has 2 aliphatic rings. The van der Waals surface area contributed by atoms with E-state index in [-0.39, 0.29) is 0 Å². The fraction of sp³-hybridized carbons (Fsp3) is 0.524. The van der Waals surface area contributed by atoms with E-state index in [0.29, 0.717) is 29.6 Å². The highest BCUT2D eigenvalue weighted by molar-refractivity contribution is 5.58. The number of fused-ring (bicyclic) bond motifs is 1. The predicted molar refractivity (Wildman–Crippen MR) is 98.0 cm³/mol. The molecule has 2 N–H and O–H groups in total. The molecule has 23 heavy (non-hydrogen) atoms. The number of anilines is 1. The van der Waals surface area contributed by atoms with Crippen molar-refractivity contribution in [2.75, 3.05) is 5.32 Å². The lowest BCUT2D eigenvalue weighted by atomic mass is 9.70. The van der Waals surface area contributed by atoms with Gasteiger partial charge < -0.3 is 10.4 Å². The van der Waals surface area contributed by atoms with Gasteiger partial charge in [0.25, 0.3) is 0 Å². The summed E-state index contributed by atoms with van der Waals surface area (Å²) < 4.78 is 0. The third-order valence-corrected chi connectivity index (χ3v) is 5.57. The van der Waals surface area contributed by atoms with Gasteiger partial charge in [0.15, 0.2) is 0 Å². The van der Waals surface area contributed by atoms with Crippen molar-refractivity contribution in [3.8, 4) is 0 Å². The lowest BCUT2D eigenvalue weighted by Gasteiger charge is -2.43. The van der Waals surface area contributed by atoms with Crippen LogP contribution in [-0.2, 0) is 0 Å². The minimum atomic E-state index is 0.374. The highest BCUT2D eigenvalue weighted by Gasteiger charge is 2.37. The third kappa shape index (κ3) is 3.31. The van der Waals surface area contributed by atoms with Gasteiger partial charge >= 0.3 is 0 Å². The van der Waals surface area contributed by atoms with Gasteiger partial charge in [-0.05, 0) is 42.9 Å². The number of unbranched alkanes of at least 4 members (excludes halogenated alkanes) is 1. The number of allylic oxidation sites excluding steroid dienone is 3. The number of aliphatic hydroxyl groups excluding tert-OH is 1. The minimum absolute atomic E-state index is 0.374. The van der Waals surface area contributed by atoms with Crippen molar-refractivity contribution in [3.63, 3.8) is 0 Å². The van der Waals surface area contributed by atoms with Gasteiger partial charge in [-0.3, -0.25) is 0 Å². The number of hydrogen-bond acceptors (Lipinski definition) is 2. The van der Waals surface area contributed by atoms with Crippen LogP contribution in [0.3, 0.4) is 0 Å². The van der Waals surface area contributed by atoms with Crippen LogP contribution in [0.2, 0.25) is 0 Å². The van der Waals surface area contributed by atoms with Crippen molar-refractivity contribution in [2.24, 2.45) is 11.8 Å². The van der Waals surface area contributed by atoms with E-state index in [9.17, 15) is 5.11 Å². The Morgan fingerprint density at radius 2 is 2.13 bits per heavy atom. The number of aliphatic hydroxyl groups is 1. The average molecular weight is 311 g/mol. The molecule has 0 radical (unpaired) electrons. The number of hydrogen-bond donors (Lipinski definition) is 2. The second-order valence-electron chi connectivity index (χ2n) is 7.27. The summed E-state index contributed by atoms with van der Waals surface area (Å²) in [6, 6.07) is 7.16. The molecule has 0 spiro atoms. The second-order valence-corrected chi connectivity index (χ2v) is 7.27. The Hall–Kier alpha value is -1.70. The zero-order chi connectivity index (χ0) is 16.4. The van der Waals surface area contributed by atoms with Gasteiger partial charge in [0.05, 0.1) is 5.76 Å². The molecule has 1 aromatic rings. The van der Waals surface area contributed by atoms with Crippen molar-refractivity contribution in [1.29, 1.82) is 0 Å². The van der Waals surface area contributed by atoms with Gasteiger partial charge in [0.2, 0.25) is 0 Å². The molecule has 124 valence electrons. The Morgan fingerprint density at radius 3 is 2.87 bits per heavy atom. The molecule has 4 atom stereocenters. The van der Waals surface area contributed by atoms with Crippen LogP contribution >= 0.6 is 0 Å². The fourth-order valence-corrected chi connectivity index (χ4v) is 4.25. The smallest absolute Gasteiger partial charge is 0.0929 e. The molecule has 2 heteroatoms. The van der Waals surface area contributed by atoms with E-state index >= 15 is 0 Å². The largest absolute Gasteiger partial charge is 0.512 e. The van der Waals surface area contributed by atoms with E-state index in [1.54, 1.807) is 0 Å². The van der Waals surface area contributed by atoms with Crippen molar-refractivity contribution in [3.05, 3.63) is 53.3 Å². The average Bonchev–Trinajstić information content (AvgIpc) is 2.54. The molecule has 0 saturated carbocycles. The lowest BCUT2D eigenvalue weighted by molar-refractivity contribution is 0.268. The molecule has 1 unspecified atom stereocenters. The summed E-state index contributed by atoms with van der Waals surface area (Å²) in [7, 11) is 0. The first kappa shape index (κ1) is 16.2. The normalized spacial score (nSPS) is 29.6.